The second kappa shape index (κ2) is 3.89. The number of rotatable bonds is 2. The zero-order valence-corrected chi connectivity index (χ0v) is 9.81. The maximum Gasteiger partial charge on any atom is 0.140 e. The van der Waals surface area contributed by atoms with Crippen LogP contribution in [0.1, 0.15) is 31.2 Å². The van der Waals surface area contributed by atoms with Gasteiger partial charge in [0.15, 0.2) is 0 Å². The third kappa shape index (κ3) is 2.34. The average molecular weight is 208 g/mol. The SMILES string of the molecule is Cc1cc(OC2(C)CCNCC2)c(C)[nH]1. The van der Waals surface area contributed by atoms with E-state index in [0.717, 1.165) is 37.4 Å². The zero-order valence-electron chi connectivity index (χ0n) is 9.81. The van der Waals surface area contributed by atoms with Gasteiger partial charge in [-0.15, -0.1) is 0 Å². The summed E-state index contributed by atoms with van der Waals surface area (Å²) in [5.74, 6) is 1.01. The Bertz CT molecular complexity index is 337. The predicted molar refractivity (Wildman–Crippen MR) is 61.4 cm³/mol. The van der Waals surface area contributed by atoms with Crippen LogP contribution in [0.3, 0.4) is 0 Å². The standard InChI is InChI=1S/C12H20N2O/c1-9-8-11(10(2)14-9)15-12(3)4-6-13-7-5-12/h8,13-14H,4-7H2,1-3H3. The van der Waals surface area contributed by atoms with Gasteiger partial charge in [-0.1, -0.05) is 0 Å². The highest BCUT2D eigenvalue weighted by molar-refractivity contribution is 5.31. The number of aromatic amines is 1. The number of hydrogen-bond acceptors (Lipinski definition) is 2. The van der Waals surface area contributed by atoms with Gasteiger partial charge >= 0.3 is 0 Å². The Hall–Kier alpha value is -0.960. The number of aromatic nitrogens is 1. The van der Waals surface area contributed by atoms with Crippen molar-refractivity contribution in [3.8, 4) is 5.75 Å². The molecular formula is C12H20N2O. The Balaban J connectivity index is 2.09. The highest BCUT2D eigenvalue weighted by Crippen LogP contribution is 2.28. The molecule has 0 aliphatic carbocycles. The van der Waals surface area contributed by atoms with Gasteiger partial charge in [0.05, 0.1) is 5.69 Å². The normalized spacial score (nSPS) is 20.2. The summed E-state index contributed by atoms with van der Waals surface area (Å²) in [5.41, 5.74) is 2.30. The fourth-order valence-electron chi connectivity index (χ4n) is 2.13. The molecule has 3 nitrogen and oxygen atoms in total. The largest absolute Gasteiger partial charge is 0.486 e. The molecule has 1 saturated heterocycles. The second-order valence-electron chi connectivity index (χ2n) is 4.74. The van der Waals surface area contributed by atoms with E-state index in [1.54, 1.807) is 0 Å². The van der Waals surface area contributed by atoms with E-state index < -0.39 is 0 Å². The smallest absolute Gasteiger partial charge is 0.140 e. The molecule has 2 N–H and O–H groups in total. The number of ether oxygens (including phenoxy) is 1. The van der Waals surface area contributed by atoms with E-state index >= 15 is 0 Å². The van der Waals surface area contributed by atoms with Crippen LogP contribution in [0.15, 0.2) is 6.07 Å². The summed E-state index contributed by atoms with van der Waals surface area (Å²) in [4.78, 5) is 3.27. The molecule has 2 rings (SSSR count). The summed E-state index contributed by atoms with van der Waals surface area (Å²) in [6.07, 6.45) is 2.16. The van der Waals surface area contributed by atoms with E-state index in [2.05, 4.69) is 37.1 Å². The van der Waals surface area contributed by atoms with Crippen LogP contribution in [-0.4, -0.2) is 23.7 Å². The molecule has 1 aromatic rings. The first-order valence-electron chi connectivity index (χ1n) is 5.65. The minimum atomic E-state index is 0.00461. The van der Waals surface area contributed by atoms with Gasteiger partial charge in [0.1, 0.15) is 11.4 Å². The van der Waals surface area contributed by atoms with Gasteiger partial charge in [0, 0.05) is 11.8 Å². The van der Waals surface area contributed by atoms with Crippen molar-refractivity contribution in [2.24, 2.45) is 0 Å². The van der Waals surface area contributed by atoms with Crippen molar-refractivity contribution in [2.45, 2.75) is 39.2 Å². The summed E-state index contributed by atoms with van der Waals surface area (Å²) in [7, 11) is 0. The molecule has 0 aromatic carbocycles. The Morgan fingerprint density at radius 3 is 2.47 bits per heavy atom. The topological polar surface area (TPSA) is 37.0 Å². The lowest BCUT2D eigenvalue weighted by Crippen LogP contribution is -2.43. The molecule has 3 heteroatoms. The molecule has 0 saturated carbocycles. The van der Waals surface area contributed by atoms with Crippen molar-refractivity contribution >= 4 is 0 Å². The molecule has 1 aliphatic rings. The molecule has 0 spiro atoms. The molecule has 1 aliphatic heterocycles. The first kappa shape index (κ1) is 10.6. The van der Waals surface area contributed by atoms with Crippen LogP contribution in [0.25, 0.3) is 0 Å². The number of H-pyrrole nitrogens is 1. The van der Waals surface area contributed by atoms with Crippen molar-refractivity contribution in [1.82, 2.24) is 10.3 Å². The number of hydrogen-bond donors (Lipinski definition) is 2. The molecule has 0 atom stereocenters. The monoisotopic (exact) mass is 208 g/mol. The number of piperidine rings is 1. The molecular weight excluding hydrogens is 188 g/mol. The van der Waals surface area contributed by atoms with Crippen LogP contribution >= 0.6 is 0 Å². The van der Waals surface area contributed by atoms with Crippen molar-refractivity contribution in [3.63, 3.8) is 0 Å². The molecule has 0 unspecified atom stereocenters. The predicted octanol–water partition coefficient (Wildman–Crippen LogP) is 2.15. The van der Waals surface area contributed by atoms with E-state index in [-0.39, 0.29) is 5.60 Å². The third-order valence-electron chi connectivity index (χ3n) is 3.12. The zero-order chi connectivity index (χ0) is 10.9. The Morgan fingerprint density at radius 1 is 1.27 bits per heavy atom. The van der Waals surface area contributed by atoms with E-state index in [1.165, 1.54) is 5.69 Å². The fourth-order valence-corrected chi connectivity index (χ4v) is 2.13. The summed E-state index contributed by atoms with van der Waals surface area (Å²) >= 11 is 0. The summed E-state index contributed by atoms with van der Waals surface area (Å²) in [6, 6.07) is 2.09. The van der Waals surface area contributed by atoms with Gasteiger partial charge in [-0.05, 0) is 46.7 Å². The maximum absolute atomic E-state index is 6.12. The minimum Gasteiger partial charge on any atom is -0.486 e. The number of nitrogens with one attached hydrogen (secondary N) is 2. The van der Waals surface area contributed by atoms with E-state index in [0.29, 0.717) is 0 Å². The van der Waals surface area contributed by atoms with Crippen LogP contribution in [-0.2, 0) is 0 Å². The van der Waals surface area contributed by atoms with Crippen LogP contribution in [0.5, 0.6) is 5.75 Å². The Labute approximate surface area is 91.2 Å². The first-order valence-corrected chi connectivity index (χ1v) is 5.65. The van der Waals surface area contributed by atoms with Crippen LogP contribution < -0.4 is 10.1 Å². The maximum atomic E-state index is 6.12. The lowest BCUT2D eigenvalue weighted by molar-refractivity contribution is 0.0550. The molecule has 0 bridgehead atoms. The van der Waals surface area contributed by atoms with E-state index in [4.69, 9.17) is 4.74 Å². The van der Waals surface area contributed by atoms with Crippen LogP contribution in [0.2, 0.25) is 0 Å². The summed E-state index contributed by atoms with van der Waals surface area (Å²) in [5, 5.41) is 3.36. The third-order valence-corrected chi connectivity index (χ3v) is 3.12. The van der Waals surface area contributed by atoms with E-state index in [1.807, 2.05) is 0 Å². The number of aryl methyl sites for hydroxylation is 2. The first-order chi connectivity index (χ1) is 7.09. The van der Waals surface area contributed by atoms with E-state index in [9.17, 15) is 0 Å². The van der Waals surface area contributed by atoms with Crippen molar-refractivity contribution in [2.75, 3.05) is 13.1 Å². The molecule has 2 heterocycles. The van der Waals surface area contributed by atoms with Gasteiger partial charge in [-0.2, -0.15) is 0 Å². The second-order valence-corrected chi connectivity index (χ2v) is 4.74. The average Bonchev–Trinajstić information content (AvgIpc) is 2.45. The molecule has 84 valence electrons. The molecule has 0 amide bonds. The fraction of sp³-hybridized carbons (Fsp3) is 0.667. The molecule has 1 fully saturated rings. The summed E-state index contributed by atoms with van der Waals surface area (Å²) < 4.78 is 6.12. The van der Waals surface area contributed by atoms with Crippen molar-refractivity contribution in [1.29, 1.82) is 0 Å². The Kier molecular flexibility index (Phi) is 2.74. The molecule has 15 heavy (non-hydrogen) atoms. The van der Waals surface area contributed by atoms with Gasteiger partial charge in [-0.3, -0.25) is 0 Å². The highest BCUT2D eigenvalue weighted by Gasteiger charge is 2.29. The van der Waals surface area contributed by atoms with Crippen LogP contribution in [0.4, 0.5) is 0 Å². The summed E-state index contributed by atoms with van der Waals surface area (Å²) in [6.45, 7) is 8.44. The molecule has 1 aromatic heterocycles. The molecule has 0 radical (unpaired) electrons. The quantitative estimate of drug-likeness (QED) is 0.781. The van der Waals surface area contributed by atoms with Crippen molar-refractivity contribution < 1.29 is 4.74 Å². The van der Waals surface area contributed by atoms with Gasteiger partial charge in [0.25, 0.3) is 0 Å². The lowest BCUT2D eigenvalue weighted by atomic mass is 9.94. The van der Waals surface area contributed by atoms with Gasteiger partial charge < -0.3 is 15.0 Å². The minimum absolute atomic E-state index is 0.00461. The lowest BCUT2D eigenvalue weighted by Gasteiger charge is -2.34. The van der Waals surface area contributed by atoms with Gasteiger partial charge in [-0.25, -0.2) is 0 Å². The Morgan fingerprint density at radius 2 is 1.93 bits per heavy atom. The highest BCUT2D eigenvalue weighted by atomic mass is 16.5. The van der Waals surface area contributed by atoms with Gasteiger partial charge in [0.2, 0.25) is 0 Å². The van der Waals surface area contributed by atoms with Crippen LogP contribution in [0, 0.1) is 13.8 Å². The van der Waals surface area contributed by atoms with Crippen molar-refractivity contribution in [3.05, 3.63) is 17.5 Å².